The van der Waals surface area contributed by atoms with Gasteiger partial charge in [0.1, 0.15) is 0 Å². The lowest BCUT2D eigenvalue weighted by Crippen LogP contribution is -2.55. The van der Waals surface area contributed by atoms with Gasteiger partial charge in [0.2, 0.25) is 0 Å². The van der Waals surface area contributed by atoms with E-state index in [1.54, 1.807) is 0 Å². The molecule has 2 aliphatic rings. The van der Waals surface area contributed by atoms with E-state index in [2.05, 4.69) is 35.4 Å². The maximum atomic E-state index is 12.5. The molecule has 2 aliphatic heterocycles. The minimum absolute atomic E-state index is 0.0684. The zero-order valence-corrected chi connectivity index (χ0v) is 15.7. The minimum atomic E-state index is 0.0684. The SMILES string of the molecule is CCCNC(=O)N1CCOC[C@H]2CN(Cc3cn(C)nc3C)CC[C@H]21. The van der Waals surface area contributed by atoms with E-state index in [-0.39, 0.29) is 12.1 Å². The predicted molar refractivity (Wildman–Crippen MR) is 96.3 cm³/mol. The summed E-state index contributed by atoms with van der Waals surface area (Å²) in [5.41, 5.74) is 2.38. The number of hydrogen-bond donors (Lipinski definition) is 1. The lowest BCUT2D eigenvalue weighted by molar-refractivity contribution is 0.0541. The first-order chi connectivity index (χ1) is 12.1. The Morgan fingerprint density at radius 3 is 3.00 bits per heavy atom. The summed E-state index contributed by atoms with van der Waals surface area (Å²) < 4.78 is 7.69. The van der Waals surface area contributed by atoms with Gasteiger partial charge in [-0.25, -0.2) is 4.79 Å². The van der Waals surface area contributed by atoms with Crippen molar-refractivity contribution in [1.29, 1.82) is 0 Å². The molecule has 2 saturated heterocycles. The van der Waals surface area contributed by atoms with Crippen LogP contribution in [-0.2, 0) is 18.3 Å². The average molecular weight is 349 g/mol. The van der Waals surface area contributed by atoms with Gasteiger partial charge in [0.25, 0.3) is 0 Å². The summed E-state index contributed by atoms with van der Waals surface area (Å²) >= 11 is 0. The van der Waals surface area contributed by atoms with Crippen molar-refractivity contribution in [3.63, 3.8) is 0 Å². The van der Waals surface area contributed by atoms with Gasteiger partial charge in [-0.2, -0.15) is 5.10 Å². The molecule has 140 valence electrons. The highest BCUT2D eigenvalue weighted by Gasteiger charge is 2.37. The Morgan fingerprint density at radius 2 is 2.28 bits per heavy atom. The van der Waals surface area contributed by atoms with E-state index >= 15 is 0 Å². The molecule has 0 spiro atoms. The van der Waals surface area contributed by atoms with Crippen LogP contribution in [0.5, 0.6) is 0 Å². The van der Waals surface area contributed by atoms with E-state index in [9.17, 15) is 4.79 Å². The molecule has 0 unspecified atom stereocenters. The molecule has 3 heterocycles. The number of piperidine rings is 1. The Morgan fingerprint density at radius 1 is 1.44 bits per heavy atom. The highest BCUT2D eigenvalue weighted by molar-refractivity contribution is 5.74. The molecular formula is C18H31N5O2. The fraction of sp³-hybridized carbons (Fsp3) is 0.778. The van der Waals surface area contributed by atoms with E-state index in [1.807, 2.05) is 16.6 Å². The molecule has 1 aromatic heterocycles. The molecule has 0 saturated carbocycles. The smallest absolute Gasteiger partial charge is 0.317 e. The number of urea groups is 1. The molecule has 0 aliphatic carbocycles. The standard InChI is InChI=1S/C18H31N5O2/c1-4-6-19-18(24)23-8-9-25-13-16-12-22(7-5-17(16)23)11-15-10-21(3)20-14(15)2/h10,16-17H,4-9,11-13H2,1-3H3,(H,19,24)/t16-,17-/m1/s1. The van der Waals surface area contributed by atoms with Crippen LogP contribution in [0.4, 0.5) is 4.79 Å². The summed E-state index contributed by atoms with van der Waals surface area (Å²) in [6.07, 6.45) is 4.07. The van der Waals surface area contributed by atoms with Crippen LogP contribution in [0.1, 0.15) is 31.0 Å². The quantitative estimate of drug-likeness (QED) is 0.892. The Hall–Kier alpha value is -1.60. The van der Waals surface area contributed by atoms with E-state index in [0.717, 1.165) is 51.3 Å². The van der Waals surface area contributed by atoms with Gasteiger partial charge in [0, 0.05) is 63.5 Å². The predicted octanol–water partition coefficient (Wildman–Crippen LogP) is 1.37. The van der Waals surface area contributed by atoms with Crippen molar-refractivity contribution in [2.45, 2.75) is 39.3 Å². The third kappa shape index (κ3) is 4.33. The van der Waals surface area contributed by atoms with Crippen LogP contribution in [0.2, 0.25) is 0 Å². The summed E-state index contributed by atoms with van der Waals surface area (Å²) in [4.78, 5) is 17.0. The zero-order valence-electron chi connectivity index (χ0n) is 15.7. The maximum absolute atomic E-state index is 12.5. The molecule has 0 aromatic carbocycles. The van der Waals surface area contributed by atoms with Crippen LogP contribution >= 0.6 is 0 Å². The van der Waals surface area contributed by atoms with Crippen LogP contribution < -0.4 is 5.32 Å². The fourth-order valence-corrected chi connectivity index (χ4v) is 4.01. The monoisotopic (exact) mass is 349 g/mol. The number of rotatable bonds is 4. The van der Waals surface area contributed by atoms with Gasteiger partial charge in [-0.05, 0) is 19.8 Å². The van der Waals surface area contributed by atoms with Crippen LogP contribution in [-0.4, -0.2) is 71.0 Å². The second-order valence-corrected chi connectivity index (χ2v) is 7.26. The minimum Gasteiger partial charge on any atom is -0.379 e. The molecule has 7 nitrogen and oxygen atoms in total. The molecule has 2 atom stereocenters. The maximum Gasteiger partial charge on any atom is 0.317 e. The van der Waals surface area contributed by atoms with Crippen LogP contribution in [0, 0.1) is 12.8 Å². The number of ether oxygens (including phenoxy) is 1. The Balaban J connectivity index is 1.63. The number of aryl methyl sites for hydroxylation is 2. The second-order valence-electron chi connectivity index (χ2n) is 7.26. The lowest BCUT2D eigenvalue weighted by Gasteiger charge is -2.42. The van der Waals surface area contributed by atoms with Gasteiger partial charge in [0.05, 0.1) is 18.9 Å². The van der Waals surface area contributed by atoms with E-state index in [4.69, 9.17) is 4.74 Å². The van der Waals surface area contributed by atoms with Crippen LogP contribution in [0.15, 0.2) is 6.20 Å². The Labute approximate surface area is 150 Å². The average Bonchev–Trinajstić information content (AvgIpc) is 2.79. The highest BCUT2D eigenvalue weighted by atomic mass is 16.5. The lowest BCUT2D eigenvalue weighted by atomic mass is 9.91. The molecule has 0 radical (unpaired) electrons. The summed E-state index contributed by atoms with van der Waals surface area (Å²) in [6, 6.07) is 0.351. The van der Waals surface area contributed by atoms with Crippen molar-refractivity contribution in [1.82, 2.24) is 24.9 Å². The van der Waals surface area contributed by atoms with Gasteiger partial charge in [0.15, 0.2) is 0 Å². The zero-order chi connectivity index (χ0) is 17.8. The number of fused-ring (bicyclic) bond motifs is 1. The number of likely N-dealkylation sites (tertiary alicyclic amines) is 1. The molecular weight excluding hydrogens is 318 g/mol. The number of carbonyl (C=O) groups excluding carboxylic acids is 1. The van der Waals surface area contributed by atoms with Crippen molar-refractivity contribution in [2.24, 2.45) is 13.0 Å². The molecule has 1 aromatic rings. The molecule has 2 amide bonds. The Kier molecular flexibility index (Phi) is 5.96. The van der Waals surface area contributed by atoms with E-state index in [1.165, 1.54) is 5.56 Å². The molecule has 3 rings (SSSR count). The molecule has 2 fully saturated rings. The number of amides is 2. The molecule has 0 bridgehead atoms. The van der Waals surface area contributed by atoms with E-state index in [0.29, 0.717) is 19.1 Å². The summed E-state index contributed by atoms with van der Waals surface area (Å²) in [5.74, 6) is 0.376. The van der Waals surface area contributed by atoms with Gasteiger partial charge in [-0.1, -0.05) is 6.92 Å². The summed E-state index contributed by atoms with van der Waals surface area (Å²) in [7, 11) is 1.97. The number of hydrogen-bond acceptors (Lipinski definition) is 4. The number of nitrogens with one attached hydrogen (secondary N) is 1. The molecule has 25 heavy (non-hydrogen) atoms. The largest absolute Gasteiger partial charge is 0.379 e. The highest BCUT2D eigenvalue weighted by Crippen LogP contribution is 2.26. The van der Waals surface area contributed by atoms with Gasteiger partial charge in [-0.15, -0.1) is 0 Å². The van der Waals surface area contributed by atoms with Crippen molar-refractivity contribution < 1.29 is 9.53 Å². The number of aromatic nitrogens is 2. The fourth-order valence-electron chi connectivity index (χ4n) is 4.01. The first kappa shape index (κ1) is 18.2. The van der Waals surface area contributed by atoms with E-state index < -0.39 is 0 Å². The number of nitrogens with zero attached hydrogens (tertiary/aromatic N) is 4. The van der Waals surface area contributed by atoms with Crippen molar-refractivity contribution >= 4 is 6.03 Å². The molecule has 1 N–H and O–H groups in total. The van der Waals surface area contributed by atoms with Crippen LogP contribution in [0.25, 0.3) is 0 Å². The summed E-state index contributed by atoms with van der Waals surface area (Å²) in [6.45, 7) is 9.84. The van der Waals surface area contributed by atoms with Crippen LogP contribution in [0.3, 0.4) is 0 Å². The summed E-state index contributed by atoms with van der Waals surface area (Å²) in [5, 5.41) is 7.47. The molecule has 7 heteroatoms. The van der Waals surface area contributed by atoms with Gasteiger partial charge < -0.3 is 15.0 Å². The van der Waals surface area contributed by atoms with Crippen molar-refractivity contribution in [2.75, 3.05) is 39.4 Å². The number of carbonyl (C=O) groups is 1. The van der Waals surface area contributed by atoms with Gasteiger partial charge in [-0.3, -0.25) is 9.58 Å². The normalized spacial score (nSPS) is 24.7. The van der Waals surface area contributed by atoms with Crippen molar-refractivity contribution in [3.05, 3.63) is 17.5 Å². The van der Waals surface area contributed by atoms with Gasteiger partial charge >= 0.3 is 6.03 Å². The Bertz CT molecular complexity index is 588. The first-order valence-corrected chi connectivity index (χ1v) is 9.42. The second kappa shape index (κ2) is 8.19. The third-order valence-electron chi connectivity index (χ3n) is 5.28. The third-order valence-corrected chi connectivity index (χ3v) is 5.28. The first-order valence-electron chi connectivity index (χ1n) is 9.42. The topological polar surface area (TPSA) is 62.6 Å². The van der Waals surface area contributed by atoms with Crippen molar-refractivity contribution in [3.8, 4) is 0 Å².